The SMILES string of the molecule is CC(C)COc1cccc(-c2cc(CN)c(=O)n(C)n2)c1. The van der Waals surface area contributed by atoms with Crippen LogP contribution in [-0.4, -0.2) is 16.4 Å². The largest absolute Gasteiger partial charge is 0.493 e. The van der Waals surface area contributed by atoms with Gasteiger partial charge in [0.15, 0.2) is 0 Å². The Morgan fingerprint density at radius 2 is 2.10 bits per heavy atom. The minimum Gasteiger partial charge on any atom is -0.493 e. The molecule has 0 aliphatic carbocycles. The second-order valence-electron chi connectivity index (χ2n) is 5.42. The molecule has 0 spiro atoms. The van der Waals surface area contributed by atoms with Gasteiger partial charge >= 0.3 is 0 Å². The molecule has 0 saturated heterocycles. The van der Waals surface area contributed by atoms with Gasteiger partial charge in [0.1, 0.15) is 5.75 Å². The summed E-state index contributed by atoms with van der Waals surface area (Å²) in [5.74, 6) is 1.26. The summed E-state index contributed by atoms with van der Waals surface area (Å²) in [7, 11) is 1.63. The van der Waals surface area contributed by atoms with E-state index in [1.54, 1.807) is 13.1 Å². The van der Waals surface area contributed by atoms with Gasteiger partial charge in [0.05, 0.1) is 12.3 Å². The molecule has 0 aliphatic rings. The predicted molar refractivity (Wildman–Crippen MR) is 83.1 cm³/mol. The van der Waals surface area contributed by atoms with E-state index in [4.69, 9.17) is 10.5 Å². The standard InChI is InChI=1S/C16H21N3O2/c1-11(2)10-21-14-6-4-5-12(7-14)15-8-13(9-17)16(20)19(3)18-15/h4-8,11H,9-10,17H2,1-3H3. The summed E-state index contributed by atoms with van der Waals surface area (Å²) in [6.07, 6.45) is 0. The van der Waals surface area contributed by atoms with Gasteiger partial charge in [0, 0.05) is 24.7 Å². The summed E-state index contributed by atoms with van der Waals surface area (Å²) in [6.45, 7) is 5.07. The molecule has 5 nitrogen and oxygen atoms in total. The molecule has 1 heterocycles. The molecule has 1 aromatic heterocycles. The van der Waals surface area contributed by atoms with Crippen molar-refractivity contribution in [3.8, 4) is 17.0 Å². The number of aryl methyl sites for hydroxylation is 1. The molecule has 0 unspecified atom stereocenters. The summed E-state index contributed by atoms with van der Waals surface area (Å²) in [5, 5.41) is 4.28. The van der Waals surface area contributed by atoms with E-state index >= 15 is 0 Å². The lowest BCUT2D eigenvalue weighted by molar-refractivity contribution is 0.271. The van der Waals surface area contributed by atoms with Crippen LogP contribution in [0.5, 0.6) is 5.75 Å². The Hall–Kier alpha value is -2.14. The highest BCUT2D eigenvalue weighted by atomic mass is 16.5. The summed E-state index contributed by atoms with van der Waals surface area (Å²) in [4.78, 5) is 11.8. The minimum atomic E-state index is -0.159. The van der Waals surface area contributed by atoms with Gasteiger partial charge in [-0.25, -0.2) is 4.68 Å². The summed E-state index contributed by atoms with van der Waals surface area (Å²) in [5.41, 5.74) is 7.62. The number of ether oxygens (including phenoxy) is 1. The predicted octanol–water partition coefficient (Wildman–Crippen LogP) is 1.94. The number of aromatic nitrogens is 2. The zero-order chi connectivity index (χ0) is 15.4. The highest BCUT2D eigenvalue weighted by Gasteiger charge is 2.08. The van der Waals surface area contributed by atoms with Gasteiger partial charge in [0.2, 0.25) is 0 Å². The van der Waals surface area contributed by atoms with Crippen LogP contribution in [0.1, 0.15) is 19.4 Å². The van der Waals surface area contributed by atoms with Crippen molar-refractivity contribution in [2.75, 3.05) is 6.61 Å². The van der Waals surface area contributed by atoms with Crippen molar-refractivity contribution in [3.63, 3.8) is 0 Å². The Balaban J connectivity index is 2.36. The van der Waals surface area contributed by atoms with Gasteiger partial charge in [-0.05, 0) is 24.1 Å². The number of hydrogen-bond donors (Lipinski definition) is 1. The van der Waals surface area contributed by atoms with Gasteiger partial charge in [0.25, 0.3) is 5.56 Å². The van der Waals surface area contributed by atoms with Crippen LogP contribution in [0.2, 0.25) is 0 Å². The molecule has 0 radical (unpaired) electrons. The molecule has 2 aromatic rings. The number of nitrogens with two attached hydrogens (primary N) is 1. The van der Waals surface area contributed by atoms with Crippen LogP contribution >= 0.6 is 0 Å². The molecule has 2 rings (SSSR count). The maximum absolute atomic E-state index is 11.8. The first kappa shape index (κ1) is 15.3. The molecule has 1 aromatic carbocycles. The van der Waals surface area contributed by atoms with Crippen LogP contribution < -0.4 is 16.0 Å². The van der Waals surface area contributed by atoms with Gasteiger partial charge < -0.3 is 10.5 Å². The van der Waals surface area contributed by atoms with Gasteiger partial charge in [-0.1, -0.05) is 26.0 Å². The highest BCUT2D eigenvalue weighted by molar-refractivity contribution is 5.61. The fourth-order valence-corrected chi connectivity index (χ4v) is 1.97. The van der Waals surface area contributed by atoms with Crippen molar-refractivity contribution in [3.05, 3.63) is 46.2 Å². The molecular formula is C16H21N3O2. The molecule has 0 bridgehead atoms. The Morgan fingerprint density at radius 1 is 1.33 bits per heavy atom. The Kier molecular flexibility index (Phi) is 4.75. The van der Waals surface area contributed by atoms with E-state index in [0.717, 1.165) is 11.3 Å². The fraction of sp³-hybridized carbons (Fsp3) is 0.375. The van der Waals surface area contributed by atoms with Crippen molar-refractivity contribution in [2.24, 2.45) is 18.7 Å². The molecule has 5 heteroatoms. The Bertz CT molecular complexity index is 677. The number of hydrogen-bond acceptors (Lipinski definition) is 4. The van der Waals surface area contributed by atoms with Crippen LogP contribution in [0.15, 0.2) is 35.1 Å². The molecule has 0 atom stereocenters. The maximum Gasteiger partial charge on any atom is 0.271 e. The number of rotatable bonds is 5. The fourth-order valence-electron chi connectivity index (χ4n) is 1.97. The van der Waals surface area contributed by atoms with Crippen molar-refractivity contribution < 1.29 is 4.74 Å². The average molecular weight is 287 g/mol. The zero-order valence-corrected chi connectivity index (χ0v) is 12.7. The van der Waals surface area contributed by atoms with Gasteiger partial charge in [-0.3, -0.25) is 4.79 Å². The second-order valence-corrected chi connectivity index (χ2v) is 5.42. The average Bonchev–Trinajstić information content (AvgIpc) is 2.48. The molecule has 2 N–H and O–H groups in total. The van der Waals surface area contributed by atoms with Crippen LogP contribution in [0.3, 0.4) is 0 Å². The minimum absolute atomic E-state index is 0.159. The van der Waals surface area contributed by atoms with Crippen molar-refractivity contribution >= 4 is 0 Å². The Labute approximate surface area is 124 Å². The third-order valence-corrected chi connectivity index (χ3v) is 3.07. The maximum atomic E-state index is 11.8. The normalized spacial score (nSPS) is 10.9. The van der Waals surface area contributed by atoms with E-state index in [1.165, 1.54) is 4.68 Å². The van der Waals surface area contributed by atoms with E-state index in [1.807, 2.05) is 24.3 Å². The smallest absolute Gasteiger partial charge is 0.271 e. The van der Waals surface area contributed by atoms with Crippen molar-refractivity contribution in [2.45, 2.75) is 20.4 Å². The van der Waals surface area contributed by atoms with Gasteiger partial charge in [-0.15, -0.1) is 0 Å². The third kappa shape index (κ3) is 3.70. The summed E-state index contributed by atoms with van der Waals surface area (Å²) < 4.78 is 7.04. The van der Waals surface area contributed by atoms with E-state index in [9.17, 15) is 4.79 Å². The molecule has 0 fully saturated rings. The quantitative estimate of drug-likeness (QED) is 0.912. The molecule has 112 valence electrons. The van der Waals surface area contributed by atoms with Crippen LogP contribution in [0.25, 0.3) is 11.3 Å². The lowest BCUT2D eigenvalue weighted by Gasteiger charge is -2.10. The highest BCUT2D eigenvalue weighted by Crippen LogP contribution is 2.22. The molecular weight excluding hydrogens is 266 g/mol. The summed E-state index contributed by atoms with van der Waals surface area (Å²) >= 11 is 0. The van der Waals surface area contributed by atoms with E-state index in [2.05, 4.69) is 18.9 Å². The Morgan fingerprint density at radius 3 is 2.76 bits per heavy atom. The van der Waals surface area contributed by atoms with Crippen molar-refractivity contribution in [1.82, 2.24) is 9.78 Å². The molecule has 0 aliphatic heterocycles. The third-order valence-electron chi connectivity index (χ3n) is 3.07. The topological polar surface area (TPSA) is 70.1 Å². The lowest BCUT2D eigenvalue weighted by Crippen LogP contribution is -2.25. The molecule has 0 saturated carbocycles. The lowest BCUT2D eigenvalue weighted by atomic mass is 10.1. The summed E-state index contributed by atoms with van der Waals surface area (Å²) in [6, 6.07) is 9.44. The monoisotopic (exact) mass is 287 g/mol. The number of benzene rings is 1. The second kappa shape index (κ2) is 6.54. The van der Waals surface area contributed by atoms with Crippen LogP contribution in [0, 0.1) is 5.92 Å². The first-order valence-electron chi connectivity index (χ1n) is 7.01. The van der Waals surface area contributed by atoms with E-state index in [0.29, 0.717) is 23.8 Å². The van der Waals surface area contributed by atoms with E-state index in [-0.39, 0.29) is 12.1 Å². The first-order chi connectivity index (χ1) is 10.0. The van der Waals surface area contributed by atoms with Crippen LogP contribution in [0.4, 0.5) is 0 Å². The van der Waals surface area contributed by atoms with Crippen LogP contribution in [-0.2, 0) is 13.6 Å². The van der Waals surface area contributed by atoms with Gasteiger partial charge in [-0.2, -0.15) is 5.10 Å². The number of nitrogens with zero attached hydrogens (tertiary/aromatic N) is 2. The van der Waals surface area contributed by atoms with E-state index < -0.39 is 0 Å². The first-order valence-corrected chi connectivity index (χ1v) is 7.01. The molecule has 21 heavy (non-hydrogen) atoms. The van der Waals surface area contributed by atoms with Crippen molar-refractivity contribution in [1.29, 1.82) is 0 Å². The molecule has 0 amide bonds. The zero-order valence-electron chi connectivity index (χ0n) is 12.7.